The van der Waals surface area contributed by atoms with Crippen molar-refractivity contribution < 1.29 is 24.8 Å². The molecule has 2 rings (SSSR count). The molecule has 2 aromatic carbocycles. The summed E-state index contributed by atoms with van der Waals surface area (Å²) in [6.45, 7) is 3.97. The Labute approximate surface area is 172 Å². The summed E-state index contributed by atoms with van der Waals surface area (Å²) in [5.41, 5.74) is 6.98. The van der Waals surface area contributed by atoms with Crippen LogP contribution >= 0.6 is 0 Å². The molecule has 2 aromatic rings. The average molecular weight is 398 g/mol. The smallest absolute Gasteiger partial charge is 0.121 e. The van der Waals surface area contributed by atoms with Gasteiger partial charge in [0.05, 0.1) is 25.9 Å². The Morgan fingerprint density at radius 2 is 1.62 bits per heavy atom. The molecule has 0 radical (unpaired) electrons. The minimum Gasteiger partial charge on any atom is -0.507 e. The van der Waals surface area contributed by atoms with Gasteiger partial charge in [-0.25, -0.2) is 0 Å². The van der Waals surface area contributed by atoms with E-state index in [1.807, 2.05) is 38.1 Å². The van der Waals surface area contributed by atoms with Crippen LogP contribution in [-0.2, 0) is 4.74 Å². The third-order valence-corrected chi connectivity index (χ3v) is 4.80. The minimum absolute atomic E-state index is 0.256. The van der Waals surface area contributed by atoms with Crippen molar-refractivity contribution in [3.63, 3.8) is 0 Å². The van der Waals surface area contributed by atoms with Gasteiger partial charge in [-0.1, -0.05) is 12.1 Å². The van der Waals surface area contributed by atoms with Crippen molar-refractivity contribution >= 4 is 0 Å². The second kappa shape index (κ2) is 10.8. The van der Waals surface area contributed by atoms with Crippen molar-refractivity contribution in [1.82, 2.24) is 0 Å². The second-order valence-corrected chi connectivity index (χ2v) is 7.13. The molecule has 2 atom stereocenters. The molecule has 0 fully saturated rings. The Morgan fingerprint density at radius 3 is 2.17 bits per heavy atom. The van der Waals surface area contributed by atoms with Crippen LogP contribution in [0.15, 0.2) is 53.8 Å². The lowest BCUT2D eigenvalue weighted by atomic mass is 9.99. The maximum absolute atomic E-state index is 10.5. The van der Waals surface area contributed by atoms with Crippen LogP contribution in [0.1, 0.15) is 47.3 Å². The summed E-state index contributed by atoms with van der Waals surface area (Å²) >= 11 is 0. The number of aliphatic hydroxyl groups is 2. The molecule has 0 unspecified atom stereocenters. The van der Waals surface area contributed by atoms with Crippen LogP contribution in [0.25, 0.3) is 0 Å². The van der Waals surface area contributed by atoms with Crippen molar-refractivity contribution in [1.29, 1.82) is 0 Å². The summed E-state index contributed by atoms with van der Waals surface area (Å²) in [4.78, 5) is 0. The van der Waals surface area contributed by atoms with Gasteiger partial charge in [0.1, 0.15) is 11.5 Å². The van der Waals surface area contributed by atoms with E-state index in [2.05, 4.69) is 5.73 Å². The zero-order chi connectivity index (χ0) is 21.4. The highest BCUT2D eigenvalue weighted by molar-refractivity contribution is 5.42. The first-order chi connectivity index (χ1) is 13.8. The quantitative estimate of drug-likeness (QED) is 0.549. The van der Waals surface area contributed by atoms with Gasteiger partial charge in [-0.2, -0.15) is 0 Å². The number of benzene rings is 2. The van der Waals surface area contributed by atoms with Crippen LogP contribution in [0.5, 0.6) is 11.5 Å². The van der Waals surface area contributed by atoms with Crippen LogP contribution in [0, 0.1) is 13.8 Å². The highest BCUT2D eigenvalue weighted by Gasteiger charge is 2.12. The first-order valence-electron chi connectivity index (χ1n) is 9.57. The average Bonchev–Trinajstić information content (AvgIpc) is 2.71. The van der Waals surface area contributed by atoms with Gasteiger partial charge in [-0.15, -0.1) is 5.73 Å². The van der Waals surface area contributed by atoms with Gasteiger partial charge < -0.3 is 24.8 Å². The number of phenolic OH excluding ortho intramolecular Hbond substituents is 1. The fourth-order valence-electron chi connectivity index (χ4n) is 3.14. The lowest BCUT2D eigenvalue weighted by molar-refractivity contribution is 0.164. The molecule has 0 aliphatic heterocycles. The van der Waals surface area contributed by atoms with Crippen molar-refractivity contribution in [2.24, 2.45) is 0 Å². The first-order valence-corrected chi connectivity index (χ1v) is 9.57. The van der Waals surface area contributed by atoms with Crippen LogP contribution in [0.3, 0.4) is 0 Å². The zero-order valence-electron chi connectivity index (χ0n) is 17.5. The Morgan fingerprint density at radius 1 is 1.00 bits per heavy atom. The molecular formula is C24H30O5. The van der Waals surface area contributed by atoms with Crippen molar-refractivity contribution in [2.45, 2.75) is 38.9 Å². The highest BCUT2D eigenvalue weighted by atomic mass is 16.5. The number of hydrogen-bond donors (Lipinski definition) is 3. The van der Waals surface area contributed by atoms with E-state index in [9.17, 15) is 15.3 Å². The van der Waals surface area contributed by atoms with Gasteiger partial charge in [0.25, 0.3) is 0 Å². The standard InChI is InChI=1S/C24H30O5/c1-16-12-20(13-17(2)24(16)27)22(25)7-5-6-18(15-28-3)14-23(26)19-8-10-21(29-4)11-9-19/h5,8-13,22-23,25-27H,7,14-15H2,1-4H3/t6?,22-,23-/m1/s1. The lowest BCUT2D eigenvalue weighted by Gasteiger charge is -2.13. The van der Waals surface area contributed by atoms with E-state index in [4.69, 9.17) is 9.47 Å². The van der Waals surface area contributed by atoms with E-state index >= 15 is 0 Å². The molecule has 0 saturated carbocycles. The molecule has 0 saturated heterocycles. The number of aliphatic hydroxyl groups excluding tert-OH is 2. The number of ether oxygens (including phenoxy) is 2. The third kappa shape index (κ3) is 6.48. The summed E-state index contributed by atoms with van der Waals surface area (Å²) in [5.74, 6) is 0.994. The topological polar surface area (TPSA) is 79.2 Å². The van der Waals surface area contributed by atoms with E-state index < -0.39 is 12.2 Å². The SMILES string of the molecule is COCC(=C=CC[C@@H](O)c1cc(C)c(O)c(C)c1)C[C@@H](O)c1ccc(OC)cc1. The van der Waals surface area contributed by atoms with E-state index in [1.54, 1.807) is 32.4 Å². The number of hydrogen-bond acceptors (Lipinski definition) is 5. The molecule has 0 aromatic heterocycles. The summed E-state index contributed by atoms with van der Waals surface area (Å²) in [7, 11) is 3.20. The first kappa shape index (κ1) is 22.7. The number of rotatable bonds is 9. The Balaban J connectivity index is 2.09. The molecule has 0 spiro atoms. The van der Waals surface area contributed by atoms with Gasteiger partial charge in [0.2, 0.25) is 0 Å². The van der Waals surface area contributed by atoms with E-state index in [1.165, 1.54) is 0 Å². The van der Waals surface area contributed by atoms with Gasteiger partial charge in [0.15, 0.2) is 0 Å². The molecule has 3 N–H and O–H groups in total. The van der Waals surface area contributed by atoms with Crippen LogP contribution in [0.2, 0.25) is 0 Å². The maximum Gasteiger partial charge on any atom is 0.121 e. The fourth-order valence-corrected chi connectivity index (χ4v) is 3.14. The fraction of sp³-hybridized carbons (Fsp3) is 0.375. The van der Waals surface area contributed by atoms with Crippen molar-refractivity contribution in [3.05, 3.63) is 76.0 Å². The summed E-state index contributed by atoms with van der Waals surface area (Å²) in [6.07, 6.45) is 1.13. The molecule has 5 nitrogen and oxygen atoms in total. The molecule has 0 bridgehead atoms. The minimum atomic E-state index is -0.698. The number of phenols is 1. The Hall–Kier alpha value is -2.56. The largest absolute Gasteiger partial charge is 0.507 e. The van der Waals surface area contributed by atoms with E-state index in [0.29, 0.717) is 19.4 Å². The molecule has 0 aliphatic rings. The van der Waals surface area contributed by atoms with Crippen LogP contribution in [0.4, 0.5) is 0 Å². The molecular weight excluding hydrogens is 368 g/mol. The predicted molar refractivity (Wildman–Crippen MR) is 113 cm³/mol. The van der Waals surface area contributed by atoms with Gasteiger partial charge in [-0.05, 0) is 72.0 Å². The van der Waals surface area contributed by atoms with E-state index in [0.717, 1.165) is 33.6 Å². The normalized spacial score (nSPS) is 12.8. The Kier molecular flexibility index (Phi) is 8.50. The summed E-state index contributed by atoms with van der Waals surface area (Å²) in [5, 5.41) is 30.8. The van der Waals surface area contributed by atoms with Gasteiger partial charge in [0, 0.05) is 20.0 Å². The zero-order valence-corrected chi connectivity index (χ0v) is 17.5. The molecule has 156 valence electrons. The number of aryl methyl sites for hydroxylation is 2. The lowest BCUT2D eigenvalue weighted by Crippen LogP contribution is -2.03. The Bertz CT molecular complexity index is 840. The third-order valence-electron chi connectivity index (χ3n) is 4.80. The monoisotopic (exact) mass is 398 g/mol. The molecule has 5 heteroatoms. The van der Waals surface area contributed by atoms with E-state index in [-0.39, 0.29) is 5.75 Å². The molecule has 29 heavy (non-hydrogen) atoms. The second-order valence-electron chi connectivity index (χ2n) is 7.13. The van der Waals surface area contributed by atoms with Crippen molar-refractivity contribution in [3.8, 4) is 11.5 Å². The van der Waals surface area contributed by atoms with Crippen molar-refractivity contribution in [2.75, 3.05) is 20.8 Å². The molecule has 0 amide bonds. The van der Waals surface area contributed by atoms with Gasteiger partial charge in [-0.3, -0.25) is 0 Å². The number of methoxy groups -OCH3 is 2. The molecule has 0 aliphatic carbocycles. The predicted octanol–water partition coefficient (Wildman–Crippen LogP) is 4.29. The van der Waals surface area contributed by atoms with Crippen LogP contribution in [-0.4, -0.2) is 36.1 Å². The highest BCUT2D eigenvalue weighted by Crippen LogP contribution is 2.28. The molecule has 0 heterocycles. The number of aromatic hydroxyl groups is 1. The summed E-state index contributed by atoms with van der Waals surface area (Å²) < 4.78 is 10.4. The maximum atomic E-state index is 10.5. The summed E-state index contributed by atoms with van der Waals surface area (Å²) in [6, 6.07) is 10.9. The van der Waals surface area contributed by atoms with Crippen LogP contribution < -0.4 is 4.74 Å². The van der Waals surface area contributed by atoms with Gasteiger partial charge >= 0.3 is 0 Å².